The summed E-state index contributed by atoms with van der Waals surface area (Å²) < 4.78 is 12.0. The topological polar surface area (TPSA) is 50.8 Å². The average molecular weight is 485 g/mol. The van der Waals surface area contributed by atoms with Crippen LogP contribution in [0.15, 0.2) is 97.1 Å². The van der Waals surface area contributed by atoms with Gasteiger partial charge in [0.15, 0.2) is 11.5 Å². The largest absolute Gasteiger partial charge is 0.490 e. The highest BCUT2D eigenvalue weighted by Crippen LogP contribution is 2.39. The lowest BCUT2D eigenvalue weighted by Gasteiger charge is -2.38. The third-order valence-electron chi connectivity index (χ3n) is 5.89. The first-order chi connectivity index (χ1) is 17.2. The Morgan fingerprint density at radius 2 is 1.60 bits per heavy atom. The van der Waals surface area contributed by atoms with E-state index in [1.807, 2.05) is 104 Å². The van der Waals surface area contributed by atoms with Gasteiger partial charge in [0, 0.05) is 22.0 Å². The van der Waals surface area contributed by atoms with Crippen molar-refractivity contribution < 1.29 is 14.3 Å². The van der Waals surface area contributed by atoms with E-state index in [0.29, 0.717) is 35.3 Å². The monoisotopic (exact) mass is 484 g/mol. The first kappa shape index (κ1) is 22.8. The number of halogens is 1. The summed E-state index contributed by atoms with van der Waals surface area (Å²) in [5.74, 6) is 1.16. The third-order valence-corrected chi connectivity index (χ3v) is 6.25. The number of fused-ring (bicyclic) bond motifs is 1. The van der Waals surface area contributed by atoms with Gasteiger partial charge in [-0.25, -0.2) is 0 Å². The predicted molar refractivity (Wildman–Crippen MR) is 139 cm³/mol. The second-order valence-corrected chi connectivity index (χ2v) is 8.53. The highest BCUT2D eigenvalue weighted by atomic mass is 35.5. The maximum Gasteiger partial charge on any atom is 0.262 e. The van der Waals surface area contributed by atoms with Gasteiger partial charge < -0.3 is 14.8 Å². The van der Waals surface area contributed by atoms with Gasteiger partial charge in [-0.2, -0.15) is 0 Å². The molecule has 0 aromatic heterocycles. The van der Waals surface area contributed by atoms with Gasteiger partial charge in [-0.05, 0) is 55.0 Å². The van der Waals surface area contributed by atoms with Crippen LogP contribution in [0.5, 0.6) is 11.5 Å². The molecule has 0 saturated carbocycles. The number of nitrogens with zero attached hydrogens (tertiary/aromatic N) is 1. The van der Waals surface area contributed by atoms with Crippen molar-refractivity contribution in [3.05, 3.63) is 119 Å². The molecule has 0 spiro atoms. The first-order valence-corrected chi connectivity index (χ1v) is 11.9. The summed E-state index contributed by atoms with van der Waals surface area (Å²) >= 11 is 6.29. The van der Waals surface area contributed by atoms with Crippen LogP contribution >= 0.6 is 11.6 Å². The van der Waals surface area contributed by atoms with Crippen LogP contribution in [0.1, 0.15) is 34.6 Å². The first-order valence-electron chi connectivity index (χ1n) is 11.5. The smallest absolute Gasteiger partial charge is 0.262 e. The molecule has 4 aromatic carbocycles. The van der Waals surface area contributed by atoms with E-state index in [0.717, 1.165) is 22.5 Å². The molecule has 4 aromatic rings. The van der Waals surface area contributed by atoms with Crippen molar-refractivity contribution in [2.45, 2.75) is 19.7 Å². The number of carbonyl (C=O) groups is 1. The number of carbonyl (C=O) groups excluding carboxylic acids is 1. The molecule has 0 bridgehead atoms. The van der Waals surface area contributed by atoms with Crippen LogP contribution in [0.3, 0.4) is 0 Å². The molecule has 1 amide bonds. The van der Waals surface area contributed by atoms with E-state index in [9.17, 15) is 4.79 Å². The molecule has 1 N–H and O–H groups in total. The Kier molecular flexibility index (Phi) is 6.59. The SMILES string of the molecule is CCOc1cc([C@H]2Nc3ccccc3C(=O)N2c2ccccc2)ccc1OCc1ccccc1Cl. The van der Waals surface area contributed by atoms with E-state index in [1.54, 1.807) is 4.90 Å². The molecule has 1 aliphatic heterocycles. The zero-order chi connectivity index (χ0) is 24.2. The van der Waals surface area contributed by atoms with Crippen LogP contribution in [-0.2, 0) is 6.61 Å². The van der Waals surface area contributed by atoms with E-state index in [2.05, 4.69) is 5.32 Å². The number of ether oxygens (including phenoxy) is 2. The van der Waals surface area contributed by atoms with Crippen molar-refractivity contribution in [2.24, 2.45) is 0 Å². The van der Waals surface area contributed by atoms with Gasteiger partial charge in [-0.1, -0.05) is 66.2 Å². The van der Waals surface area contributed by atoms with E-state index < -0.39 is 6.17 Å². The molecule has 1 aliphatic rings. The van der Waals surface area contributed by atoms with E-state index in [4.69, 9.17) is 21.1 Å². The summed E-state index contributed by atoms with van der Waals surface area (Å²) in [6.45, 7) is 2.73. The Labute approximate surface area is 209 Å². The number of rotatable bonds is 7. The second kappa shape index (κ2) is 10.1. The molecule has 35 heavy (non-hydrogen) atoms. The molecule has 5 nitrogen and oxygen atoms in total. The zero-order valence-electron chi connectivity index (χ0n) is 19.3. The van der Waals surface area contributed by atoms with Crippen molar-refractivity contribution in [3.63, 3.8) is 0 Å². The lowest BCUT2D eigenvalue weighted by molar-refractivity contribution is 0.0975. The fraction of sp³-hybridized carbons (Fsp3) is 0.138. The molecule has 0 saturated heterocycles. The molecule has 0 aliphatic carbocycles. The Hall–Kier alpha value is -3.96. The summed E-state index contributed by atoms with van der Waals surface area (Å²) in [4.78, 5) is 15.4. The molecular weight excluding hydrogens is 460 g/mol. The fourth-order valence-electron chi connectivity index (χ4n) is 4.19. The molecule has 0 unspecified atom stereocenters. The van der Waals surface area contributed by atoms with Crippen LogP contribution in [0.2, 0.25) is 5.02 Å². The molecule has 0 fully saturated rings. The summed E-state index contributed by atoms with van der Waals surface area (Å²) in [7, 11) is 0. The van der Waals surface area contributed by atoms with Gasteiger partial charge in [-0.3, -0.25) is 9.69 Å². The quantitative estimate of drug-likeness (QED) is 0.304. The lowest BCUT2D eigenvalue weighted by Crippen LogP contribution is -2.43. The molecule has 5 rings (SSSR count). The second-order valence-electron chi connectivity index (χ2n) is 8.12. The highest BCUT2D eigenvalue weighted by Gasteiger charge is 2.34. The number of para-hydroxylation sites is 2. The lowest BCUT2D eigenvalue weighted by atomic mass is 10.0. The van der Waals surface area contributed by atoms with Crippen LogP contribution in [0.25, 0.3) is 0 Å². The molecule has 0 radical (unpaired) electrons. The van der Waals surface area contributed by atoms with E-state index >= 15 is 0 Å². The summed E-state index contributed by atoms with van der Waals surface area (Å²) in [6.07, 6.45) is -0.420. The van der Waals surface area contributed by atoms with Gasteiger partial charge in [0.1, 0.15) is 12.8 Å². The number of nitrogens with one attached hydrogen (secondary N) is 1. The fourth-order valence-corrected chi connectivity index (χ4v) is 4.39. The van der Waals surface area contributed by atoms with Crippen molar-refractivity contribution >= 4 is 28.9 Å². The third kappa shape index (κ3) is 4.68. The van der Waals surface area contributed by atoms with Gasteiger partial charge in [0.2, 0.25) is 0 Å². The van der Waals surface area contributed by atoms with Gasteiger partial charge >= 0.3 is 0 Å². The number of anilines is 2. The minimum Gasteiger partial charge on any atom is -0.490 e. The van der Waals surface area contributed by atoms with Gasteiger partial charge in [0.25, 0.3) is 5.91 Å². The number of benzene rings is 4. The molecule has 1 heterocycles. The Bertz CT molecular complexity index is 1340. The summed E-state index contributed by atoms with van der Waals surface area (Å²) in [5, 5.41) is 4.19. The van der Waals surface area contributed by atoms with Crippen LogP contribution in [0, 0.1) is 0 Å². The predicted octanol–water partition coefficient (Wildman–Crippen LogP) is 7.09. The van der Waals surface area contributed by atoms with Crippen molar-refractivity contribution in [2.75, 3.05) is 16.8 Å². The van der Waals surface area contributed by atoms with Crippen LogP contribution < -0.4 is 19.7 Å². The molecule has 176 valence electrons. The number of hydrogen-bond acceptors (Lipinski definition) is 4. The van der Waals surface area contributed by atoms with Gasteiger partial charge in [-0.15, -0.1) is 0 Å². The summed E-state index contributed by atoms with van der Waals surface area (Å²) in [5.41, 5.74) is 4.02. The van der Waals surface area contributed by atoms with Crippen molar-refractivity contribution in [3.8, 4) is 11.5 Å². The van der Waals surface area contributed by atoms with Crippen molar-refractivity contribution in [1.82, 2.24) is 0 Å². The number of hydrogen-bond donors (Lipinski definition) is 1. The molecule has 6 heteroatoms. The molecular formula is C29H25ClN2O3. The van der Waals surface area contributed by atoms with E-state index in [-0.39, 0.29) is 5.91 Å². The Balaban J connectivity index is 1.51. The van der Waals surface area contributed by atoms with Gasteiger partial charge in [0.05, 0.1) is 12.2 Å². The maximum atomic E-state index is 13.6. The minimum absolute atomic E-state index is 0.0624. The maximum absolute atomic E-state index is 13.6. The van der Waals surface area contributed by atoms with Crippen LogP contribution in [0.4, 0.5) is 11.4 Å². The average Bonchev–Trinajstić information content (AvgIpc) is 2.89. The highest BCUT2D eigenvalue weighted by molar-refractivity contribution is 6.31. The number of amides is 1. The minimum atomic E-state index is -0.420. The zero-order valence-corrected chi connectivity index (χ0v) is 20.0. The Morgan fingerprint density at radius 1 is 0.857 bits per heavy atom. The Morgan fingerprint density at radius 3 is 2.40 bits per heavy atom. The standard InChI is InChI=1S/C29H25ClN2O3/c1-2-34-27-18-20(16-17-26(27)35-19-21-10-6-8-14-24(21)30)28-31-25-15-9-7-13-23(25)29(33)32(28)22-11-4-3-5-12-22/h3-18,28,31H,2,19H2,1H3/t28-/m0/s1. The normalized spacial score (nSPS) is 14.7. The van der Waals surface area contributed by atoms with Crippen LogP contribution in [-0.4, -0.2) is 12.5 Å². The molecule has 1 atom stereocenters. The van der Waals surface area contributed by atoms with E-state index in [1.165, 1.54) is 0 Å². The summed E-state index contributed by atoms with van der Waals surface area (Å²) in [6, 6.07) is 30.6. The van der Waals surface area contributed by atoms with Crippen molar-refractivity contribution in [1.29, 1.82) is 0 Å².